The van der Waals surface area contributed by atoms with Crippen LogP contribution in [0, 0.1) is 0 Å². The summed E-state index contributed by atoms with van der Waals surface area (Å²) in [6, 6.07) is -3.51. The number of hydrogen-bond donors (Lipinski definition) is 19. The molecular formula is C35H60N2O28. The summed E-state index contributed by atoms with van der Waals surface area (Å²) in [6.07, 6.45) is -47.5. The quantitative estimate of drug-likeness (QED) is 0.0643. The molecule has 65 heavy (non-hydrogen) atoms. The van der Waals surface area contributed by atoms with E-state index in [9.17, 15) is 96.4 Å². The van der Waals surface area contributed by atoms with Gasteiger partial charge < -0.3 is 140 Å². The van der Waals surface area contributed by atoms with Gasteiger partial charge in [-0.2, -0.15) is 0 Å². The standard InChI is InChI=1S/C35H60N2O28/c1-8(43)37-16-28(63-32-23(52)20(49)18(47)11(4-39)59-32)19(48)12(5-40)58-31(16)62-26-14(7-42)60-33(61-25-13(6-41)57-30(54)22(51)21(25)50)24(53)29(26)65-35(34(55)56)2-9(44)15(36)27(64-35)17(46)10(45)3-38/h9-33,38-42,44-54H,2-7,36H2,1H3,(H,37,43)(H,55,56)/t9-,10+,11+,12+,13+,14+,15+,16+,17+,18-,19+,20-,21+,22+,23+,24+,25+,26-,27+,28+,29+,30+,31-,32-,33-,35-/m0/s1. The molecule has 0 radical (unpaired) electrons. The molecule has 5 aliphatic heterocycles. The maximum absolute atomic E-state index is 13.2. The zero-order chi connectivity index (χ0) is 48.4. The largest absolute Gasteiger partial charge is 0.477 e. The van der Waals surface area contributed by atoms with Crippen LogP contribution in [0.4, 0.5) is 0 Å². The number of amides is 1. The summed E-state index contributed by atoms with van der Waals surface area (Å²) in [5.41, 5.74) is 6.00. The van der Waals surface area contributed by atoms with Crippen LogP contribution in [0.25, 0.3) is 0 Å². The van der Waals surface area contributed by atoms with Crippen molar-refractivity contribution in [1.82, 2.24) is 5.32 Å². The molecule has 378 valence electrons. The van der Waals surface area contributed by atoms with Crippen LogP contribution in [-0.4, -0.2) is 291 Å². The lowest BCUT2D eigenvalue weighted by molar-refractivity contribution is -0.402. The number of aliphatic carboxylic acids is 1. The highest BCUT2D eigenvalue weighted by atomic mass is 16.8. The van der Waals surface area contributed by atoms with E-state index in [1.165, 1.54) is 0 Å². The van der Waals surface area contributed by atoms with Crippen LogP contribution in [-0.2, 0) is 52.2 Å². The molecule has 5 aliphatic rings. The minimum absolute atomic E-state index is 0.899. The summed E-state index contributed by atoms with van der Waals surface area (Å²) in [6.45, 7) is -4.30. The summed E-state index contributed by atoms with van der Waals surface area (Å²) >= 11 is 0. The van der Waals surface area contributed by atoms with Crippen molar-refractivity contribution in [3.8, 4) is 0 Å². The third-order valence-corrected chi connectivity index (χ3v) is 11.8. The van der Waals surface area contributed by atoms with Gasteiger partial charge >= 0.3 is 5.97 Å². The average molecular weight is 957 g/mol. The maximum atomic E-state index is 13.2. The second kappa shape index (κ2) is 22.5. The molecule has 5 saturated heterocycles. The van der Waals surface area contributed by atoms with E-state index in [1.807, 2.05) is 0 Å². The fourth-order valence-electron chi connectivity index (χ4n) is 8.15. The van der Waals surface area contributed by atoms with Crippen LogP contribution >= 0.6 is 0 Å². The van der Waals surface area contributed by atoms with Gasteiger partial charge in [-0.1, -0.05) is 0 Å². The van der Waals surface area contributed by atoms with Crippen molar-refractivity contribution in [2.24, 2.45) is 5.73 Å². The highest BCUT2D eigenvalue weighted by Gasteiger charge is 2.61. The maximum Gasteiger partial charge on any atom is 0.364 e. The summed E-state index contributed by atoms with van der Waals surface area (Å²) in [5.74, 6) is -6.23. The monoisotopic (exact) mass is 956 g/mol. The topological polar surface area (TPSA) is 499 Å². The molecule has 1 amide bonds. The third-order valence-electron chi connectivity index (χ3n) is 11.8. The number of ether oxygens (including phenoxy) is 9. The molecule has 5 fully saturated rings. The molecule has 26 atom stereocenters. The van der Waals surface area contributed by atoms with Crippen LogP contribution in [0.15, 0.2) is 0 Å². The molecule has 0 spiro atoms. The highest BCUT2D eigenvalue weighted by Crippen LogP contribution is 2.40. The molecule has 0 aromatic carbocycles. The lowest BCUT2D eigenvalue weighted by Crippen LogP contribution is -2.72. The summed E-state index contributed by atoms with van der Waals surface area (Å²) in [4.78, 5) is 25.9. The van der Waals surface area contributed by atoms with Crippen molar-refractivity contribution in [2.45, 2.75) is 172 Å². The Labute approximate surface area is 367 Å². The van der Waals surface area contributed by atoms with Crippen molar-refractivity contribution in [2.75, 3.05) is 33.0 Å². The number of aliphatic hydroxyl groups excluding tert-OH is 16. The number of rotatable bonds is 17. The Morgan fingerprint density at radius 2 is 1.17 bits per heavy atom. The Kier molecular flexibility index (Phi) is 18.7. The van der Waals surface area contributed by atoms with Gasteiger partial charge in [-0.25, -0.2) is 4.79 Å². The molecule has 0 aromatic heterocycles. The van der Waals surface area contributed by atoms with Crippen LogP contribution < -0.4 is 11.1 Å². The van der Waals surface area contributed by atoms with Gasteiger partial charge in [-0.3, -0.25) is 4.79 Å². The number of hydrogen-bond acceptors (Lipinski definition) is 28. The van der Waals surface area contributed by atoms with Crippen molar-refractivity contribution in [3.05, 3.63) is 0 Å². The highest BCUT2D eigenvalue weighted by molar-refractivity contribution is 5.76. The van der Waals surface area contributed by atoms with Crippen LogP contribution in [0.2, 0.25) is 0 Å². The van der Waals surface area contributed by atoms with Gasteiger partial charge in [0.1, 0.15) is 116 Å². The van der Waals surface area contributed by atoms with E-state index < -0.39 is 210 Å². The van der Waals surface area contributed by atoms with Gasteiger partial charge in [-0.15, -0.1) is 0 Å². The molecule has 30 heteroatoms. The first-order valence-electron chi connectivity index (χ1n) is 20.3. The number of aliphatic hydroxyl groups is 16. The summed E-state index contributed by atoms with van der Waals surface area (Å²) in [7, 11) is 0. The molecule has 30 nitrogen and oxygen atoms in total. The second-order valence-electron chi connectivity index (χ2n) is 16.2. The minimum Gasteiger partial charge on any atom is -0.477 e. The SMILES string of the molecule is CC(=O)N[C@H]1[C@H](O[C@@H]2[C@H](O[C@]3(C(=O)O)C[C@H](O)[C@@H](N)[C@H]([C@H](O)[C@H](O)CO)O3)[C@@H](O)[C@H](O[C@H]3[C@H](O)[C@@H](O)[C@H](O)O[C@@H]3CO)O[C@@H]2CO)O[C@H](CO)[C@@H](O)[C@@H]1O[C@@H]1O[C@H](CO)[C@H](O)[C@H](O)[C@H]1O. The summed E-state index contributed by atoms with van der Waals surface area (Å²) < 4.78 is 51.4. The van der Waals surface area contributed by atoms with Gasteiger partial charge in [-0.05, 0) is 0 Å². The van der Waals surface area contributed by atoms with Crippen molar-refractivity contribution in [3.63, 3.8) is 0 Å². The first kappa shape index (κ1) is 53.8. The Balaban J connectivity index is 1.58. The molecule has 0 aliphatic carbocycles. The second-order valence-corrected chi connectivity index (χ2v) is 16.2. The van der Waals surface area contributed by atoms with Crippen molar-refractivity contribution < 1.29 is 139 Å². The number of nitrogens with one attached hydrogen (secondary N) is 1. The molecule has 0 bridgehead atoms. The zero-order valence-corrected chi connectivity index (χ0v) is 34.3. The van der Waals surface area contributed by atoms with E-state index in [1.54, 1.807) is 0 Å². The number of carbonyl (C=O) groups is 2. The number of carbonyl (C=O) groups excluding carboxylic acids is 1. The molecule has 0 unspecified atom stereocenters. The van der Waals surface area contributed by atoms with Crippen LogP contribution in [0.5, 0.6) is 0 Å². The molecule has 0 aromatic rings. The Hall–Kier alpha value is -2.10. The van der Waals surface area contributed by atoms with E-state index in [4.69, 9.17) is 48.4 Å². The smallest absolute Gasteiger partial charge is 0.364 e. The normalized spacial score (nSPS) is 48.3. The predicted octanol–water partition coefficient (Wildman–Crippen LogP) is -12.6. The molecular weight excluding hydrogens is 896 g/mol. The molecule has 20 N–H and O–H groups in total. The van der Waals surface area contributed by atoms with E-state index >= 15 is 0 Å². The average Bonchev–Trinajstić information content (AvgIpc) is 3.27. The zero-order valence-electron chi connectivity index (χ0n) is 34.3. The Morgan fingerprint density at radius 3 is 1.74 bits per heavy atom. The van der Waals surface area contributed by atoms with Gasteiger partial charge in [0, 0.05) is 13.3 Å². The van der Waals surface area contributed by atoms with E-state index in [0.717, 1.165) is 6.92 Å². The van der Waals surface area contributed by atoms with Crippen molar-refractivity contribution in [1.29, 1.82) is 0 Å². The first-order valence-corrected chi connectivity index (χ1v) is 20.3. The fourth-order valence-corrected chi connectivity index (χ4v) is 8.15. The van der Waals surface area contributed by atoms with Crippen LogP contribution in [0.1, 0.15) is 13.3 Å². The van der Waals surface area contributed by atoms with Gasteiger partial charge in [0.25, 0.3) is 5.79 Å². The molecule has 5 heterocycles. The lowest BCUT2D eigenvalue weighted by atomic mass is 9.88. The third kappa shape index (κ3) is 11.2. The van der Waals surface area contributed by atoms with Crippen LogP contribution in [0.3, 0.4) is 0 Å². The van der Waals surface area contributed by atoms with Crippen molar-refractivity contribution >= 4 is 11.9 Å². The number of nitrogens with two attached hydrogens (primary N) is 1. The van der Waals surface area contributed by atoms with Gasteiger partial charge in [0.05, 0.1) is 45.2 Å². The number of carboxylic acids is 1. The van der Waals surface area contributed by atoms with E-state index in [-0.39, 0.29) is 0 Å². The molecule has 5 rings (SSSR count). The number of carboxylic acid groups (broad SMARTS) is 1. The Morgan fingerprint density at radius 1 is 0.646 bits per heavy atom. The lowest BCUT2D eigenvalue weighted by Gasteiger charge is -2.52. The molecule has 0 saturated carbocycles. The first-order chi connectivity index (χ1) is 30.6. The fraction of sp³-hybridized carbons (Fsp3) is 0.943. The minimum atomic E-state index is -3.24. The van der Waals surface area contributed by atoms with E-state index in [2.05, 4.69) is 5.32 Å². The predicted molar refractivity (Wildman–Crippen MR) is 197 cm³/mol. The Bertz CT molecular complexity index is 1540. The van der Waals surface area contributed by atoms with Gasteiger partial charge in [0.15, 0.2) is 25.2 Å². The summed E-state index contributed by atoms with van der Waals surface area (Å²) in [5, 5.41) is 181. The van der Waals surface area contributed by atoms with Gasteiger partial charge in [0.2, 0.25) is 5.91 Å². The van der Waals surface area contributed by atoms with E-state index in [0.29, 0.717) is 0 Å².